The van der Waals surface area contributed by atoms with Crippen molar-refractivity contribution in [1.29, 1.82) is 0 Å². The van der Waals surface area contributed by atoms with Gasteiger partial charge in [0.1, 0.15) is 6.33 Å². The van der Waals surface area contributed by atoms with Crippen LogP contribution in [0.25, 0.3) is 0 Å². The van der Waals surface area contributed by atoms with Crippen molar-refractivity contribution in [3.05, 3.63) is 41.2 Å². The van der Waals surface area contributed by atoms with Crippen LogP contribution in [0.4, 0.5) is 0 Å². The summed E-state index contributed by atoms with van der Waals surface area (Å²) >= 11 is 7.57. The Kier molecular flexibility index (Phi) is 5.08. The van der Waals surface area contributed by atoms with Gasteiger partial charge >= 0.3 is 0 Å². The smallest absolute Gasteiger partial charge is 0.191 e. The molecule has 0 fully saturated rings. The molecule has 1 aromatic carbocycles. The van der Waals surface area contributed by atoms with Crippen LogP contribution in [0, 0.1) is 0 Å². The second kappa shape index (κ2) is 6.81. The summed E-state index contributed by atoms with van der Waals surface area (Å²) < 4.78 is 2.12. The number of unbranched alkanes of at least 4 members (excludes halogenated alkanes) is 1. The van der Waals surface area contributed by atoms with E-state index in [0.717, 1.165) is 28.9 Å². The van der Waals surface area contributed by atoms with E-state index in [1.165, 1.54) is 12.0 Å². The predicted octanol–water partition coefficient (Wildman–Crippen LogP) is 4.02. The van der Waals surface area contributed by atoms with Gasteiger partial charge in [-0.15, -0.1) is 10.2 Å². The summed E-state index contributed by atoms with van der Waals surface area (Å²) in [5, 5.41) is 9.88. The zero-order valence-electron chi connectivity index (χ0n) is 10.3. The second-order valence-electron chi connectivity index (χ2n) is 4.08. The van der Waals surface area contributed by atoms with Crippen molar-refractivity contribution in [3.8, 4) is 0 Å². The van der Waals surface area contributed by atoms with E-state index in [4.69, 9.17) is 11.6 Å². The fourth-order valence-electron chi connectivity index (χ4n) is 1.57. The molecule has 0 saturated carbocycles. The summed E-state index contributed by atoms with van der Waals surface area (Å²) in [5.41, 5.74) is 1.24. The maximum Gasteiger partial charge on any atom is 0.191 e. The molecule has 2 aromatic rings. The van der Waals surface area contributed by atoms with Crippen molar-refractivity contribution in [1.82, 2.24) is 14.8 Å². The van der Waals surface area contributed by atoms with Crippen LogP contribution in [0.15, 0.2) is 35.7 Å². The summed E-state index contributed by atoms with van der Waals surface area (Å²) in [6.45, 7) is 3.18. The van der Waals surface area contributed by atoms with Crippen molar-refractivity contribution < 1.29 is 0 Å². The SMILES string of the molecule is CCCCn1cnnc1SCc1ccc(Cl)cc1. The molecule has 0 radical (unpaired) electrons. The Balaban J connectivity index is 1.93. The highest BCUT2D eigenvalue weighted by molar-refractivity contribution is 7.98. The van der Waals surface area contributed by atoms with Gasteiger partial charge in [0, 0.05) is 17.3 Å². The number of aromatic nitrogens is 3. The molecule has 0 aliphatic heterocycles. The maximum atomic E-state index is 5.86. The van der Waals surface area contributed by atoms with E-state index in [0.29, 0.717) is 0 Å². The highest BCUT2D eigenvalue weighted by atomic mass is 35.5. The van der Waals surface area contributed by atoms with E-state index in [-0.39, 0.29) is 0 Å². The van der Waals surface area contributed by atoms with Gasteiger partial charge in [0.2, 0.25) is 0 Å². The van der Waals surface area contributed by atoms with Crippen molar-refractivity contribution in [2.45, 2.75) is 37.2 Å². The molecule has 2 rings (SSSR count). The zero-order chi connectivity index (χ0) is 12.8. The number of thioether (sulfide) groups is 1. The van der Waals surface area contributed by atoms with Crippen LogP contribution in [0.5, 0.6) is 0 Å². The van der Waals surface area contributed by atoms with Crippen molar-refractivity contribution in [2.75, 3.05) is 0 Å². The lowest BCUT2D eigenvalue weighted by Crippen LogP contribution is -1.98. The minimum atomic E-state index is 0.773. The molecule has 0 aliphatic carbocycles. The first-order chi connectivity index (χ1) is 8.79. The first-order valence-electron chi connectivity index (χ1n) is 6.04. The molecule has 0 saturated heterocycles. The van der Waals surface area contributed by atoms with Crippen LogP contribution in [-0.2, 0) is 12.3 Å². The van der Waals surface area contributed by atoms with Crippen LogP contribution in [0.2, 0.25) is 5.02 Å². The second-order valence-corrected chi connectivity index (χ2v) is 5.45. The van der Waals surface area contributed by atoms with Crippen LogP contribution in [0.3, 0.4) is 0 Å². The third-order valence-corrected chi connectivity index (χ3v) is 3.92. The van der Waals surface area contributed by atoms with Gasteiger partial charge in [0.15, 0.2) is 5.16 Å². The fraction of sp³-hybridized carbons (Fsp3) is 0.385. The topological polar surface area (TPSA) is 30.7 Å². The van der Waals surface area contributed by atoms with E-state index in [1.807, 2.05) is 24.3 Å². The van der Waals surface area contributed by atoms with Gasteiger partial charge in [-0.1, -0.05) is 48.8 Å². The molecule has 1 heterocycles. The monoisotopic (exact) mass is 281 g/mol. The van der Waals surface area contributed by atoms with Crippen LogP contribution in [-0.4, -0.2) is 14.8 Å². The quantitative estimate of drug-likeness (QED) is 0.749. The van der Waals surface area contributed by atoms with Gasteiger partial charge in [-0.05, 0) is 24.1 Å². The number of rotatable bonds is 6. The average Bonchev–Trinajstić information content (AvgIpc) is 2.83. The summed E-state index contributed by atoms with van der Waals surface area (Å²) in [5.74, 6) is 0.891. The zero-order valence-corrected chi connectivity index (χ0v) is 11.9. The van der Waals surface area contributed by atoms with Gasteiger partial charge in [0.25, 0.3) is 0 Å². The van der Waals surface area contributed by atoms with Crippen LogP contribution < -0.4 is 0 Å². The molecule has 96 valence electrons. The molecule has 0 atom stereocenters. The molecular weight excluding hydrogens is 266 g/mol. The standard InChI is InChI=1S/C13H16ClN3S/c1-2-3-8-17-10-15-16-13(17)18-9-11-4-6-12(14)7-5-11/h4-7,10H,2-3,8-9H2,1H3. The van der Waals surface area contributed by atoms with E-state index in [9.17, 15) is 0 Å². The fourth-order valence-corrected chi connectivity index (χ4v) is 2.59. The van der Waals surface area contributed by atoms with Gasteiger partial charge in [-0.3, -0.25) is 0 Å². The number of hydrogen-bond donors (Lipinski definition) is 0. The van der Waals surface area contributed by atoms with Gasteiger partial charge in [0.05, 0.1) is 0 Å². The summed E-state index contributed by atoms with van der Waals surface area (Å²) in [4.78, 5) is 0. The Hall–Kier alpha value is -1.00. The molecule has 0 amide bonds. The highest BCUT2D eigenvalue weighted by Gasteiger charge is 2.04. The van der Waals surface area contributed by atoms with E-state index < -0.39 is 0 Å². The van der Waals surface area contributed by atoms with Gasteiger partial charge in [-0.2, -0.15) is 0 Å². The van der Waals surface area contributed by atoms with E-state index in [1.54, 1.807) is 18.1 Å². The Morgan fingerprint density at radius 1 is 1.28 bits per heavy atom. The number of halogens is 1. The molecule has 18 heavy (non-hydrogen) atoms. The molecule has 0 spiro atoms. The summed E-state index contributed by atoms with van der Waals surface area (Å²) in [6, 6.07) is 7.92. The van der Waals surface area contributed by atoms with E-state index >= 15 is 0 Å². The molecule has 3 nitrogen and oxygen atoms in total. The van der Waals surface area contributed by atoms with Gasteiger partial charge in [-0.25, -0.2) is 0 Å². The lowest BCUT2D eigenvalue weighted by atomic mass is 10.2. The largest absolute Gasteiger partial charge is 0.309 e. The Morgan fingerprint density at radius 2 is 2.06 bits per heavy atom. The number of hydrogen-bond acceptors (Lipinski definition) is 3. The maximum absolute atomic E-state index is 5.86. The lowest BCUT2D eigenvalue weighted by molar-refractivity contribution is 0.587. The average molecular weight is 282 g/mol. The number of nitrogens with zero attached hydrogens (tertiary/aromatic N) is 3. The Bertz CT molecular complexity index is 481. The summed E-state index contributed by atoms with van der Waals surface area (Å²) in [7, 11) is 0. The normalized spacial score (nSPS) is 10.8. The molecule has 0 unspecified atom stereocenters. The molecular formula is C13H16ClN3S. The summed E-state index contributed by atoms with van der Waals surface area (Å²) in [6.07, 6.45) is 4.14. The van der Waals surface area contributed by atoms with Crippen LogP contribution in [0.1, 0.15) is 25.3 Å². The van der Waals surface area contributed by atoms with Crippen molar-refractivity contribution >= 4 is 23.4 Å². The molecule has 1 aromatic heterocycles. The molecule has 0 bridgehead atoms. The Morgan fingerprint density at radius 3 is 2.78 bits per heavy atom. The highest BCUT2D eigenvalue weighted by Crippen LogP contribution is 2.21. The lowest BCUT2D eigenvalue weighted by Gasteiger charge is -2.05. The number of aryl methyl sites for hydroxylation is 1. The Labute approximate surface area is 117 Å². The van der Waals surface area contributed by atoms with Crippen molar-refractivity contribution in [2.24, 2.45) is 0 Å². The third kappa shape index (κ3) is 3.75. The van der Waals surface area contributed by atoms with Crippen molar-refractivity contribution in [3.63, 3.8) is 0 Å². The predicted molar refractivity (Wildman–Crippen MR) is 75.9 cm³/mol. The minimum Gasteiger partial charge on any atom is -0.309 e. The minimum absolute atomic E-state index is 0.773. The number of benzene rings is 1. The first-order valence-corrected chi connectivity index (χ1v) is 7.41. The van der Waals surface area contributed by atoms with Crippen LogP contribution >= 0.6 is 23.4 Å². The molecule has 0 N–H and O–H groups in total. The van der Waals surface area contributed by atoms with Gasteiger partial charge < -0.3 is 4.57 Å². The molecule has 0 aliphatic rings. The van der Waals surface area contributed by atoms with E-state index in [2.05, 4.69) is 21.7 Å². The first kappa shape index (κ1) is 13.4. The third-order valence-electron chi connectivity index (χ3n) is 2.61. The molecule has 5 heteroatoms.